The van der Waals surface area contributed by atoms with Crippen LogP contribution < -0.4 is 4.72 Å². The Morgan fingerprint density at radius 1 is 1.13 bits per heavy atom. The quantitative estimate of drug-likeness (QED) is 0.688. The number of hydrogen-bond acceptors (Lipinski definition) is 5. The SMILES string of the molecule is O=C(CNS(=O)(=O)c1cccc(C(F)(F)F)c1)N1CCN(Cc2ccc(Cl)s2)CC1. The number of alkyl halides is 3. The number of sulfonamides is 1. The van der Waals surface area contributed by atoms with Gasteiger partial charge < -0.3 is 4.90 Å². The molecule has 2 aromatic rings. The van der Waals surface area contributed by atoms with E-state index in [2.05, 4.69) is 9.62 Å². The van der Waals surface area contributed by atoms with E-state index in [9.17, 15) is 26.4 Å². The summed E-state index contributed by atoms with van der Waals surface area (Å²) in [6, 6.07) is 7.18. The highest BCUT2D eigenvalue weighted by Crippen LogP contribution is 2.30. The third-order valence-electron chi connectivity index (χ3n) is 4.62. The molecule has 1 fully saturated rings. The summed E-state index contributed by atoms with van der Waals surface area (Å²) in [5.74, 6) is -0.427. The third-order valence-corrected chi connectivity index (χ3v) is 7.23. The highest BCUT2D eigenvalue weighted by Gasteiger charge is 2.32. The average Bonchev–Trinajstić information content (AvgIpc) is 3.11. The largest absolute Gasteiger partial charge is 0.416 e. The maximum absolute atomic E-state index is 12.8. The molecule has 0 spiro atoms. The summed E-state index contributed by atoms with van der Waals surface area (Å²) in [6.45, 7) is 2.33. The summed E-state index contributed by atoms with van der Waals surface area (Å²) < 4.78 is 65.8. The number of amides is 1. The molecule has 1 N–H and O–H groups in total. The van der Waals surface area contributed by atoms with E-state index in [0.717, 1.165) is 29.6 Å². The molecule has 0 unspecified atom stereocenters. The van der Waals surface area contributed by atoms with Crippen LogP contribution in [0.15, 0.2) is 41.3 Å². The molecular weight excluding hydrogens is 463 g/mol. The topological polar surface area (TPSA) is 69.7 Å². The zero-order valence-corrected chi connectivity index (χ0v) is 18.0. The lowest BCUT2D eigenvalue weighted by Gasteiger charge is -2.34. The van der Waals surface area contributed by atoms with Gasteiger partial charge in [-0.25, -0.2) is 13.1 Å². The van der Waals surface area contributed by atoms with E-state index in [1.807, 2.05) is 12.1 Å². The molecule has 3 rings (SSSR count). The van der Waals surface area contributed by atoms with Crippen LogP contribution >= 0.6 is 22.9 Å². The summed E-state index contributed by atoms with van der Waals surface area (Å²) in [4.78, 5) is 16.6. The van der Waals surface area contributed by atoms with Crippen molar-refractivity contribution in [1.29, 1.82) is 0 Å². The van der Waals surface area contributed by atoms with E-state index in [1.54, 1.807) is 0 Å². The van der Waals surface area contributed by atoms with Gasteiger partial charge in [-0.1, -0.05) is 17.7 Å². The summed E-state index contributed by atoms with van der Waals surface area (Å²) in [7, 11) is -4.24. The summed E-state index contributed by atoms with van der Waals surface area (Å²) in [6.07, 6.45) is -4.66. The van der Waals surface area contributed by atoms with Gasteiger partial charge in [0, 0.05) is 37.6 Å². The van der Waals surface area contributed by atoms with Gasteiger partial charge in [0.15, 0.2) is 0 Å². The lowest BCUT2D eigenvalue weighted by Crippen LogP contribution is -2.50. The highest BCUT2D eigenvalue weighted by atomic mass is 35.5. The molecule has 1 aliphatic rings. The summed E-state index contributed by atoms with van der Waals surface area (Å²) >= 11 is 7.42. The number of nitrogens with zero attached hydrogens (tertiary/aromatic N) is 2. The first-order valence-electron chi connectivity index (χ1n) is 8.96. The highest BCUT2D eigenvalue weighted by molar-refractivity contribution is 7.89. The molecule has 0 saturated carbocycles. The Labute approximate surface area is 181 Å². The van der Waals surface area contributed by atoms with Gasteiger partial charge in [0.2, 0.25) is 15.9 Å². The monoisotopic (exact) mass is 481 g/mol. The Bertz CT molecular complexity index is 1000. The van der Waals surface area contributed by atoms with Crippen molar-refractivity contribution in [2.24, 2.45) is 0 Å². The minimum atomic E-state index is -4.66. The van der Waals surface area contributed by atoms with E-state index in [-0.39, 0.29) is 0 Å². The van der Waals surface area contributed by atoms with Gasteiger partial charge in [-0.2, -0.15) is 13.2 Å². The van der Waals surface area contributed by atoms with Crippen molar-refractivity contribution in [3.63, 3.8) is 0 Å². The molecule has 0 aliphatic carbocycles. The number of rotatable bonds is 6. The predicted molar refractivity (Wildman–Crippen MR) is 108 cm³/mol. The van der Waals surface area contributed by atoms with Gasteiger partial charge in [-0.15, -0.1) is 11.3 Å². The number of hydrogen-bond donors (Lipinski definition) is 1. The molecule has 30 heavy (non-hydrogen) atoms. The molecule has 0 atom stereocenters. The Morgan fingerprint density at radius 2 is 1.83 bits per heavy atom. The van der Waals surface area contributed by atoms with Crippen LogP contribution in [0.25, 0.3) is 0 Å². The lowest BCUT2D eigenvalue weighted by molar-refractivity contribution is -0.137. The van der Waals surface area contributed by atoms with E-state index in [1.165, 1.54) is 16.2 Å². The standard InChI is InChI=1S/C18H19ClF3N3O3S2/c19-16-5-4-14(29-16)12-24-6-8-25(9-7-24)17(26)11-23-30(27,28)15-3-1-2-13(10-15)18(20,21)22/h1-5,10,23H,6-9,11-12H2. The van der Waals surface area contributed by atoms with Crippen molar-refractivity contribution < 1.29 is 26.4 Å². The van der Waals surface area contributed by atoms with E-state index in [0.29, 0.717) is 36.6 Å². The summed E-state index contributed by atoms with van der Waals surface area (Å²) in [5, 5.41) is 0. The Kier molecular flexibility index (Phi) is 7.08. The molecule has 2 heterocycles. The molecular formula is C18H19ClF3N3O3S2. The Morgan fingerprint density at radius 3 is 2.43 bits per heavy atom. The maximum Gasteiger partial charge on any atom is 0.416 e. The second-order valence-corrected chi connectivity index (χ2v) is 10.3. The average molecular weight is 482 g/mol. The molecule has 1 aromatic carbocycles. The van der Waals surface area contributed by atoms with Crippen molar-refractivity contribution >= 4 is 38.9 Å². The first kappa shape index (κ1) is 23.0. The van der Waals surface area contributed by atoms with Crippen LogP contribution in [0.3, 0.4) is 0 Å². The maximum atomic E-state index is 12.8. The van der Waals surface area contributed by atoms with Crippen LogP contribution in [0.2, 0.25) is 4.34 Å². The molecule has 12 heteroatoms. The zero-order valence-electron chi connectivity index (χ0n) is 15.7. The minimum absolute atomic E-state index is 0.427. The fraction of sp³-hybridized carbons (Fsp3) is 0.389. The number of carbonyl (C=O) groups is 1. The fourth-order valence-electron chi connectivity index (χ4n) is 3.00. The van der Waals surface area contributed by atoms with Crippen LogP contribution in [0.5, 0.6) is 0 Å². The molecule has 1 aliphatic heterocycles. The van der Waals surface area contributed by atoms with Crippen LogP contribution in [-0.4, -0.2) is 56.8 Å². The van der Waals surface area contributed by atoms with Crippen LogP contribution in [0.1, 0.15) is 10.4 Å². The first-order valence-corrected chi connectivity index (χ1v) is 11.6. The van der Waals surface area contributed by atoms with E-state index < -0.39 is 39.1 Å². The van der Waals surface area contributed by atoms with Crippen LogP contribution in [0, 0.1) is 0 Å². The Balaban J connectivity index is 1.52. The van der Waals surface area contributed by atoms with Gasteiger partial charge in [0.05, 0.1) is 21.3 Å². The van der Waals surface area contributed by atoms with Gasteiger partial charge in [0.1, 0.15) is 0 Å². The normalized spacial score (nSPS) is 16.1. The summed E-state index contributed by atoms with van der Waals surface area (Å²) in [5.41, 5.74) is -1.07. The number of benzene rings is 1. The molecule has 1 saturated heterocycles. The number of piperazine rings is 1. The van der Waals surface area contributed by atoms with Gasteiger partial charge >= 0.3 is 6.18 Å². The first-order chi connectivity index (χ1) is 14.0. The van der Waals surface area contributed by atoms with Crippen molar-refractivity contribution in [3.05, 3.63) is 51.2 Å². The Hall–Kier alpha value is -1.66. The number of halogens is 4. The fourth-order valence-corrected chi connectivity index (χ4v) is 5.15. The van der Waals surface area contributed by atoms with Crippen molar-refractivity contribution in [3.8, 4) is 0 Å². The van der Waals surface area contributed by atoms with Crippen molar-refractivity contribution in [2.45, 2.75) is 17.6 Å². The van der Waals surface area contributed by atoms with E-state index in [4.69, 9.17) is 11.6 Å². The predicted octanol–water partition coefficient (Wildman–Crippen LogP) is 3.04. The number of carbonyl (C=O) groups excluding carboxylic acids is 1. The number of thiophene rings is 1. The molecule has 0 radical (unpaired) electrons. The van der Waals surface area contributed by atoms with Gasteiger partial charge in [-0.3, -0.25) is 9.69 Å². The lowest BCUT2D eigenvalue weighted by atomic mass is 10.2. The third kappa shape index (κ3) is 5.94. The van der Waals surface area contributed by atoms with Crippen molar-refractivity contribution in [2.75, 3.05) is 32.7 Å². The molecule has 1 amide bonds. The van der Waals surface area contributed by atoms with E-state index >= 15 is 0 Å². The zero-order chi connectivity index (χ0) is 21.9. The molecule has 0 bridgehead atoms. The van der Waals surface area contributed by atoms with Crippen molar-refractivity contribution in [1.82, 2.24) is 14.5 Å². The van der Waals surface area contributed by atoms with Crippen LogP contribution in [0.4, 0.5) is 13.2 Å². The molecule has 1 aromatic heterocycles. The van der Waals surface area contributed by atoms with Gasteiger partial charge in [0.25, 0.3) is 0 Å². The minimum Gasteiger partial charge on any atom is -0.339 e. The smallest absolute Gasteiger partial charge is 0.339 e. The second-order valence-electron chi connectivity index (χ2n) is 6.71. The molecule has 6 nitrogen and oxygen atoms in total. The molecule has 164 valence electrons. The number of nitrogens with one attached hydrogen (secondary N) is 1. The second kappa shape index (κ2) is 9.23. The van der Waals surface area contributed by atoms with Gasteiger partial charge in [-0.05, 0) is 30.3 Å². The van der Waals surface area contributed by atoms with Crippen LogP contribution in [-0.2, 0) is 27.5 Å².